The molecule has 1 aliphatic rings. The summed E-state index contributed by atoms with van der Waals surface area (Å²) in [5.74, 6) is -2.83. The number of carbonyl (C=O) groups is 4. The Hall–Kier alpha value is -3.83. The van der Waals surface area contributed by atoms with Crippen LogP contribution < -0.4 is 10.6 Å². The number of esters is 1. The van der Waals surface area contributed by atoms with Crippen LogP contribution in [-0.2, 0) is 25.5 Å². The van der Waals surface area contributed by atoms with Crippen LogP contribution in [0, 0.1) is 0 Å². The number of pyridine rings is 1. The predicted molar refractivity (Wildman–Crippen MR) is 139 cm³/mol. The van der Waals surface area contributed by atoms with Crippen LogP contribution in [0.15, 0.2) is 42.5 Å². The van der Waals surface area contributed by atoms with E-state index in [2.05, 4.69) is 15.6 Å². The maximum atomic E-state index is 13.2. The molecule has 0 radical (unpaired) electrons. The second-order valence-corrected chi connectivity index (χ2v) is 8.79. The predicted octanol–water partition coefficient (Wildman–Crippen LogP) is 2.25. The number of carboxylic acids is 1. The third kappa shape index (κ3) is 8.93. The van der Waals surface area contributed by atoms with Crippen molar-refractivity contribution in [1.29, 1.82) is 0 Å². The van der Waals surface area contributed by atoms with Crippen molar-refractivity contribution in [2.75, 3.05) is 39.4 Å². The molecular formula is C27H34N4O7. The van der Waals surface area contributed by atoms with Crippen molar-refractivity contribution in [3.8, 4) is 11.3 Å². The van der Waals surface area contributed by atoms with Crippen molar-refractivity contribution in [2.45, 2.75) is 38.6 Å². The highest BCUT2D eigenvalue weighted by Gasteiger charge is 2.29. The monoisotopic (exact) mass is 526 g/mol. The number of benzene rings is 1. The summed E-state index contributed by atoms with van der Waals surface area (Å²) >= 11 is 0. The summed E-state index contributed by atoms with van der Waals surface area (Å²) in [6.45, 7) is 5.00. The molecule has 11 heteroatoms. The van der Waals surface area contributed by atoms with E-state index in [9.17, 15) is 19.2 Å². The van der Waals surface area contributed by atoms with E-state index in [0.717, 1.165) is 17.5 Å². The Bertz CT molecular complexity index is 1100. The fourth-order valence-corrected chi connectivity index (χ4v) is 3.95. The van der Waals surface area contributed by atoms with E-state index in [-0.39, 0.29) is 12.1 Å². The topological polar surface area (TPSA) is 147 Å². The first kappa shape index (κ1) is 28.7. The van der Waals surface area contributed by atoms with Crippen LogP contribution in [0.4, 0.5) is 4.79 Å². The number of aromatic nitrogens is 1. The SMILES string of the molecule is CCOCCCc1cc(C(=O)NC(CCC(=O)O)C(=O)OC(=O)N2CCNCC2)nc(-c2ccccc2)c1. The lowest BCUT2D eigenvalue weighted by atomic mass is 10.0. The van der Waals surface area contributed by atoms with Crippen LogP contribution >= 0.6 is 0 Å². The number of carboxylic acid groups (broad SMARTS) is 1. The van der Waals surface area contributed by atoms with Crippen LogP contribution in [0.5, 0.6) is 0 Å². The molecule has 2 heterocycles. The van der Waals surface area contributed by atoms with Gasteiger partial charge in [-0.05, 0) is 43.9 Å². The molecule has 1 fully saturated rings. The van der Waals surface area contributed by atoms with Gasteiger partial charge in [0.15, 0.2) is 0 Å². The Balaban J connectivity index is 1.79. The molecule has 0 bridgehead atoms. The molecule has 0 saturated carbocycles. The molecule has 1 saturated heterocycles. The average molecular weight is 527 g/mol. The fourth-order valence-electron chi connectivity index (χ4n) is 3.95. The molecule has 11 nitrogen and oxygen atoms in total. The molecule has 3 N–H and O–H groups in total. The van der Waals surface area contributed by atoms with Gasteiger partial charge in [0, 0.05) is 51.4 Å². The lowest BCUT2D eigenvalue weighted by molar-refractivity contribution is -0.141. The smallest absolute Gasteiger partial charge is 0.417 e. The molecule has 2 amide bonds. The van der Waals surface area contributed by atoms with E-state index in [0.29, 0.717) is 51.5 Å². The van der Waals surface area contributed by atoms with Crippen molar-refractivity contribution < 1.29 is 33.8 Å². The second kappa shape index (κ2) is 14.8. The number of nitrogens with zero attached hydrogens (tertiary/aromatic N) is 2. The number of carbonyl (C=O) groups excluding carboxylic acids is 3. The zero-order valence-corrected chi connectivity index (χ0v) is 21.5. The highest BCUT2D eigenvalue weighted by atomic mass is 16.6. The molecular weight excluding hydrogens is 492 g/mol. The van der Waals surface area contributed by atoms with Crippen LogP contribution in [0.3, 0.4) is 0 Å². The van der Waals surface area contributed by atoms with Gasteiger partial charge < -0.3 is 30.1 Å². The molecule has 2 aromatic rings. The normalized spacial score (nSPS) is 14.0. The van der Waals surface area contributed by atoms with E-state index in [1.807, 2.05) is 43.3 Å². The number of aliphatic carboxylic acids is 1. The number of piperazine rings is 1. The van der Waals surface area contributed by atoms with Crippen LogP contribution in [0.25, 0.3) is 11.3 Å². The third-order valence-corrected chi connectivity index (χ3v) is 5.95. The number of nitrogens with one attached hydrogen (secondary N) is 2. The van der Waals surface area contributed by atoms with Crippen LogP contribution in [-0.4, -0.2) is 84.4 Å². The Labute approximate surface area is 221 Å². The standard InChI is InChI=1S/C27H34N4O7/c1-2-37-16-6-7-19-17-22(20-8-4-3-5-9-20)29-23(18-19)25(34)30-21(10-11-24(32)33)26(35)38-27(36)31-14-12-28-13-15-31/h3-5,8-9,17-18,21,28H,2,6-7,10-16H2,1H3,(H,30,34)(H,32,33). The van der Waals surface area contributed by atoms with Gasteiger partial charge in [-0.15, -0.1) is 0 Å². The zero-order chi connectivity index (χ0) is 27.3. The van der Waals surface area contributed by atoms with E-state index in [1.54, 1.807) is 6.07 Å². The van der Waals surface area contributed by atoms with Gasteiger partial charge >= 0.3 is 18.0 Å². The molecule has 1 atom stereocenters. The number of amides is 2. The minimum Gasteiger partial charge on any atom is -0.481 e. The van der Waals surface area contributed by atoms with Gasteiger partial charge in [-0.2, -0.15) is 0 Å². The molecule has 204 valence electrons. The van der Waals surface area contributed by atoms with Gasteiger partial charge in [-0.25, -0.2) is 14.6 Å². The number of aryl methyl sites for hydroxylation is 1. The van der Waals surface area contributed by atoms with E-state index in [1.165, 1.54) is 4.90 Å². The Kier molecular flexibility index (Phi) is 11.2. The van der Waals surface area contributed by atoms with E-state index in [4.69, 9.17) is 14.6 Å². The third-order valence-electron chi connectivity index (χ3n) is 5.95. The van der Waals surface area contributed by atoms with Gasteiger partial charge in [0.1, 0.15) is 11.7 Å². The van der Waals surface area contributed by atoms with Gasteiger partial charge in [-0.1, -0.05) is 30.3 Å². The summed E-state index contributed by atoms with van der Waals surface area (Å²) < 4.78 is 10.4. The van der Waals surface area contributed by atoms with Crippen molar-refractivity contribution in [3.05, 3.63) is 53.7 Å². The summed E-state index contributed by atoms with van der Waals surface area (Å²) in [5.41, 5.74) is 2.33. The summed E-state index contributed by atoms with van der Waals surface area (Å²) in [4.78, 5) is 55.5. The number of hydrogen-bond donors (Lipinski definition) is 3. The first-order chi connectivity index (χ1) is 18.4. The molecule has 0 spiro atoms. The summed E-state index contributed by atoms with van der Waals surface area (Å²) in [6.07, 6.45) is -0.0794. The van der Waals surface area contributed by atoms with E-state index < -0.39 is 36.4 Å². The highest BCUT2D eigenvalue weighted by molar-refractivity contribution is 5.97. The molecule has 1 aromatic heterocycles. The minimum absolute atomic E-state index is 0.0688. The Morgan fingerprint density at radius 1 is 1.13 bits per heavy atom. The molecule has 3 rings (SSSR count). The molecule has 1 aliphatic heterocycles. The van der Waals surface area contributed by atoms with Gasteiger partial charge in [0.25, 0.3) is 5.91 Å². The Morgan fingerprint density at radius 2 is 1.87 bits per heavy atom. The quantitative estimate of drug-likeness (QED) is 0.215. The largest absolute Gasteiger partial charge is 0.481 e. The fraction of sp³-hybridized carbons (Fsp3) is 0.444. The number of hydrogen-bond acceptors (Lipinski definition) is 8. The minimum atomic E-state index is -1.34. The first-order valence-electron chi connectivity index (χ1n) is 12.8. The van der Waals surface area contributed by atoms with E-state index >= 15 is 0 Å². The molecule has 38 heavy (non-hydrogen) atoms. The number of rotatable bonds is 12. The molecule has 1 aromatic carbocycles. The maximum absolute atomic E-state index is 13.2. The lowest BCUT2D eigenvalue weighted by Crippen LogP contribution is -2.49. The summed E-state index contributed by atoms with van der Waals surface area (Å²) in [7, 11) is 0. The number of ether oxygens (including phenoxy) is 2. The van der Waals surface area contributed by atoms with Crippen LogP contribution in [0.2, 0.25) is 0 Å². The van der Waals surface area contributed by atoms with Gasteiger partial charge in [0.05, 0.1) is 5.69 Å². The van der Waals surface area contributed by atoms with Crippen molar-refractivity contribution in [2.24, 2.45) is 0 Å². The Morgan fingerprint density at radius 3 is 2.55 bits per heavy atom. The highest BCUT2D eigenvalue weighted by Crippen LogP contribution is 2.20. The molecule has 1 unspecified atom stereocenters. The maximum Gasteiger partial charge on any atom is 0.417 e. The van der Waals surface area contributed by atoms with Gasteiger partial charge in [0.2, 0.25) is 0 Å². The molecule has 0 aliphatic carbocycles. The average Bonchev–Trinajstić information content (AvgIpc) is 2.93. The zero-order valence-electron chi connectivity index (χ0n) is 21.5. The first-order valence-corrected chi connectivity index (χ1v) is 12.8. The second-order valence-electron chi connectivity index (χ2n) is 8.79. The van der Waals surface area contributed by atoms with Crippen molar-refractivity contribution >= 4 is 23.9 Å². The summed E-state index contributed by atoms with van der Waals surface area (Å²) in [6, 6.07) is 11.6. The summed E-state index contributed by atoms with van der Waals surface area (Å²) in [5, 5.41) is 14.8. The van der Waals surface area contributed by atoms with Gasteiger partial charge in [-0.3, -0.25) is 9.59 Å². The lowest BCUT2D eigenvalue weighted by Gasteiger charge is -2.26. The van der Waals surface area contributed by atoms with Crippen molar-refractivity contribution in [3.63, 3.8) is 0 Å². The van der Waals surface area contributed by atoms with Crippen molar-refractivity contribution in [1.82, 2.24) is 20.5 Å². The van der Waals surface area contributed by atoms with Crippen LogP contribution in [0.1, 0.15) is 42.2 Å².